The molecule has 2 heteroatoms. The van der Waals surface area contributed by atoms with Crippen molar-refractivity contribution in [3.05, 3.63) is 0 Å². The molecule has 0 rings (SSSR count). The van der Waals surface area contributed by atoms with Crippen LogP contribution in [0.3, 0.4) is 0 Å². The molecule has 0 aliphatic heterocycles. The molecule has 0 aliphatic rings. The van der Waals surface area contributed by atoms with Gasteiger partial charge in [-0.2, -0.15) is 0 Å². The minimum Gasteiger partial charge on any atom is -0.298 e. The van der Waals surface area contributed by atoms with Gasteiger partial charge in [-0.25, -0.2) is 0 Å². The minimum absolute atomic E-state index is 0.960. The van der Waals surface area contributed by atoms with E-state index in [4.69, 9.17) is 0 Å². The Labute approximate surface area is 51.9 Å². The van der Waals surface area contributed by atoms with Crippen molar-refractivity contribution in [2.24, 2.45) is 0 Å². The molecule has 8 heavy (non-hydrogen) atoms. The van der Waals surface area contributed by atoms with Crippen LogP contribution in [-0.4, -0.2) is 18.2 Å². The van der Waals surface area contributed by atoms with Gasteiger partial charge in [-0.3, -0.25) is 4.79 Å². The smallest absolute Gasteiger partial charge is 0.150 e. The Morgan fingerprint density at radius 2 is 2.38 bits per heavy atom. The standard InChI is InChI=1S/C6H11OP/c1-3-4-6(5-7)8-2/h5H,3-4H2,1-2H3. The topological polar surface area (TPSA) is 17.1 Å². The van der Waals surface area contributed by atoms with Gasteiger partial charge in [0, 0.05) is 5.29 Å². The van der Waals surface area contributed by atoms with E-state index >= 15 is 0 Å². The molecule has 0 atom stereocenters. The van der Waals surface area contributed by atoms with E-state index < -0.39 is 0 Å². The number of rotatable bonds is 3. The van der Waals surface area contributed by atoms with Crippen LogP contribution in [-0.2, 0) is 4.79 Å². The highest BCUT2D eigenvalue weighted by Gasteiger charge is 1.88. The van der Waals surface area contributed by atoms with Crippen molar-refractivity contribution >= 4 is 19.8 Å². The zero-order valence-corrected chi connectivity index (χ0v) is 6.24. The van der Waals surface area contributed by atoms with Crippen molar-refractivity contribution in [3.63, 3.8) is 0 Å². The molecular weight excluding hydrogens is 119 g/mol. The molecule has 0 fully saturated rings. The maximum Gasteiger partial charge on any atom is 0.150 e. The molecule has 0 amide bonds. The third kappa shape index (κ3) is 2.92. The van der Waals surface area contributed by atoms with Gasteiger partial charge in [0.25, 0.3) is 0 Å². The lowest BCUT2D eigenvalue weighted by atomic mass is 10.3. The molecule has 0 saturated heterocycles. The summed E-state index contributed by atoms with van der Waals surface area (Å²) >= 11 is 0. The summed E-state index contributed by atoms with van der Waals surface area (Å²) in [6.07, 6.45) is 3.00. The molecule has 0 aromatic carbocycles. The van der Waals surface area contributed by atoms with E-state index in [1.807, 2.05) is 6.66 Å². The molecule has 0 spiro atoms. The summed E-state index contributed by atoms with van der Waals surface area (Å²) in [6, 6.07) is 0. The fourth-order valence-corrected chi connectivity index (χ4v) is 1.03. The molecule has 0 heterocycles. The number of carbonyl (C=O) groups is 1. The summed E-state index contributed by atoms with van der Waals surface area (Å²) in [4.78, 5) is 10.1. The third-order valence-electron chi connectivity index (χ3n) is 0.929. The van der Waals surface area contributed by atoms with Crippen LogP contribution >= 0.6 is 8.20 Å². The molecule has 0 N–H and O–H groups in total. The van der Waals surface area contributed by atoms with Crippen molar-refractivity contribution < 1.29 is 4.79 Å². The van der Waals surface area contributed by atoms with Gasteiger partial charge in [0.15, 0.2) is 0 Å². The maximum absolute atomic E-state index is 10.1. The van der Waals surface area contributed by atoms with Crippen molar-refractivity contribution in [1.29, 1.82) is 0 Å². The Morgan fingerprint density at radius 1 is 1.75 bits per heavy atom. The Hall–Kier alpha value is -0.160. The fraction of sp³-hybridized carbons (Fsp3) is 0.667. The van der Waals surface area contributed by atoms with Crippen LogP contribution in [0.15, 0.2) is 0 Å². The van der Waals surface area contributed by atoms with Gasteiger partial charge in [-0.1, -0.05) is 13.3 Å². The number of hydrogen-bond donors (Lipinski definition) is 0. The highest BCUT2D eigenvalue weighted by atomic mass is 31.1. The van der Waals surface area contributed by atoms with Crippen LogP contribution in [0.4, 0.5) is 0 Å². The third-order valence-corrected chi connectivity index (χ3v) is 1.83. The van der Waals surface area contributed by atoms with Crippen molar-refractivity contribution in [2.45, 2.75) is 19.8 Å². The van der Waals surface area contributed by atoms with Crippen molar-refractivity contribution in [2.75, 3.05) is 6.66 Å². The molecule has 0 saturated carbocycles. The first kappa shape index (κ1) is 7.84. The van der Waals surface area contributed by atoms with E-state index in [-0.39, 0.29) is 0 Å². The lowest BCUT2D eigenvalue weighted by Gasteiger charge is -1.89. The molecule has 46 valence electrons. The summed E-state index contributed by atoms with van der Waals surface area (Å²) in [5.41, 5.74) is 0. The first-order valence-corrected chi connectivity index (χ1v) is 4.10. The second-order valence-corrected chi connectivity index (χ2v) is 2.60. The first-order chi connectivity index (χ1) is 3.85. The lowest BCUT2D eigenvalue weighted by Crippen LogP contribution is -1.93. The Balaban J connectivity index is 3.54. The lowest BCUT2D eigenvalue weighted by molar-refractivity contribution is -0.102. The Bertz CT molecular complexity index is 96.7. The number of aldehydes is 1. The van der Waals surface area contributed by atoms with Crippen LogP contribution in [0.2, 0.25) is 0 Å². The van der Waals surface area contributed by atoms with Gasteiger partial charge >= 0.3 is 0 Å². The van der Waals surface area contributed by atoms with E-state index in [0.717, 1.165) is 32.6 Å². The second kappa shape index (κ2) is 4.99. The summed E-state index contributed by atoms with van der Waals surface area (Å²) in [5.74, 6) is 0. The van der Waals surface area contributed by atoms with Crippen LogP contribution in [0.1, 0.15) is 19.8 Å². The van der Waals surface area contributed by atoms with Crippen molar-refractivity contribution in [1.82, 2.24) is 0 Å². The number of carbonyl (C=O) groups excluding carboxylic acids is 1. The highest BCUT2D eigenvalue weighted by Crippen LogP contribution is 1.97. The van der Waals surface area contributed by atoms with E-state index in [0.29, 0.717) is 0 Å². The van der Waals surface area contributed by atoms with Gasteiger partial charge in [0.2, 0.25) is 0 Å². The molecule has 0 aromatic rings. The minimum atomic E-state index is 0.960. The zero-order chi connectivity index (χ0) is 6.41. The molecule has 1 nitrogen and oxygen atoms in total. The molecule has 0 aliphatic carbocycles. The molecular formula is C6H11OP. The van der Waals surface area contributed by atoms with Crippen LogP contribution in [0, 0.1) is 0 Å². The number of hydrogen-bond acceptors (Lipinski definition) is 1. The Kier molecular flexibility index (Phi) is 4.89. The van der Waals surface area contributed by atoms with E-state index in [1.165, 1.54) is 0 Å². The normalized spacial score (nSPS) is 11.5. The SMILES string of the molecule is CCC/C(C=O)=P\C. The fourth-order valence-electron chi connectivity index (χ4n) is 0.480. The van der Waals surface area contributed by atoms with Gasteiger partial charge < -0.3 is 0 Å². The largest absolute Gasteiger partial charge is 0.298 e. The van der Waals surface area contributed by atoms with Crippen LogP contribution in [0.25, 0.3) is 0 Å². The van der Waals surface area contributed by atoms with E-state index in [9.17, 15) is 4.79 Å². The van der Waals surface area contributed by atoms with Gasteiger partial charge in [-0.05, 0) is 13.1 Å². The van der Waals surface area contributed by atoms with E-state index in [1.54, 1.807) is 0 Å². The quantitative estimate of drug-likeness (QED) is 0.420. The Morgan fingerprint density at radius 3 is 2.50 bits per heavy atom. The van der Waals surface area contributed by atoms with Gasteiger partial charge in [-0.15, -0.1) is 8.20 Å². The van der Waals surface area contributed by atoms with E-state index in [2.05, 4.69) is 6.92 Å². The summed E-state index contributed by atoms with van der Waals surface area (Å²) in [5, 5.41) is 1.01. The van der Waals surface area contributed by atoms with Crippen LogP contribution < -0.4 is 0 Å². The summed E-state index contributed by atoms with van der Waals surface area (Å²) in [7, 11) is 1.12. The van der Waals surface area contributed by atoms with Crippen molar-refractivity contribution in [3.8, 4) is 0 Å². The summed E-state index contributed by atoms with van der Waals surface area (Å²) in [6.45, 7) is 4.06. The van der Waals surface area contributed by atoms with Gasteiger partial charge in [0.05, 0.1) is 0 Å². The zero-order valence-electron chi connectivity index (χ0n) is 5.35. The van der Waals surface area contributed by atoms with Gasteiger partial charge in [0.1, 0.15) is 6.29 Å². The molecule has 0 aromatic heterocycles. The molecule has 0 bridgehead atoms. The monoisotopic (exact) mass is 130 g/mol. The average Bonchev–Trinajstić information content (AvgIpc) is 1.83. The second-order valence-electron chi connectivity index (χ2n) is 1.58. The maximum atomic E-state index is 10.1. The highest BCUT2D eigenvalue weighted by molar-refractivity contribution is 7.42. The predicted octanol–water partition coefficient (Wildman–Crippen LogP) is 1.73. The molecule has 0 radical (unpaired) electrons. The van der Waals surface area contributed by atoms with Crippen LogP contribution in [0.5, 0.6) is 0 Å². The molecule has 0 unspecified atom stereocenters. The average molecular weight is 130 g/mol. The predicted molar refractivity (Wildman–Crippen MR) is 38.8 cm³/mol. The summed E-state index contributed by atoms with van der Waals surface area (Å²) < 4.78 is 0. The first-order valence-electron chi connectivity index (χ1n) is 2.76.